The monoisotopic (exact) mass is 294 g/mol. The van der Waals surface area contributed by atoms with E-state index in [2.05, 4.69) is 0 Å². The minimum absolute atomic E-state index is 0.0302. The standard InChI is InChI=1S/C14H14O7/c15-11-3-1-2-10(13(16)20-6-8-4-18-8)12(11)14(17)21-7-9-5-19-9/h1-3,8-9,15H,4-7H2. The van der Waals surface area contributed by atoms with Crippen LogP contribution in [-0.2, 0) is 18.9 Å². The van der Waals surface area contributed by atoms with Crippen LogP contribution in [-0.4, -0.2) is 55.7 Å². The second-order valence-electron chi connectivity index (χ2n) is 4.81. The molecular weight excluding hydrogens is 280 g/mol. The predicted octanol–water partition coefficient (Wildman–Crippen LogP) is 0.503. The maximum absolute atomic E-state index is 12.0. The maximum atomic E-state index is 12.0. The van der Waals surface area contributed by atoms with Crippen LogP contribution in [0.15, 0.2) is 18.2 Å². The topological polar surface area (TPSA) is 97.9 Å². The van der Waals surface area contributed by atoms with Crippen LogP contribution in [0.25, 0.3) is 0 Å². The van der Waals surface area contributed by atoms with Crippen molar-refractivity contribution >= 4 is 11.9 Å². The van der Waals surface area contributed by atoms with Crippen molar-refractivity contribution in [3.8, 4) is 5.75 Å². The number of ether oxygens (including phenoxy) is 4. The fourth-order valence-electron chi connectivity index (χ4n) is 1.74. The maximum Gasteiger partial charge on any atom is 0.342 e. The number of hydrogen-bond donors (Lipinski definition) is 1. The van der Waals surface area contributed by atoms with Crippen molar-refractivity contribution in [2.75, 3.05) is 26.4 Å². The molecule has 112 valence electrons. The molecule has 3 rings (SSSR count). The summed E-state index contributed by atoms with van der Waals surface area (Å²) in [5.74, 6) is -1.80. The van der Waals surface area contributed by atoms with Crippen LogP contribution < -0.4 is 0 Å². The minimum atomic E-state index is -0.779. The van der Waals surface area contributed by atoms with Gasteiger partial charge in [0.1, 0.15) is 36.7 Å². The average Bonchev–Trinajstić information content (AvgIpc) is 3.36. The Morgan fingerprint density at radius 1 is 1.10 bits per heavy atom. The van der Waals surface area contributed by atoms with Gasteiger partial charge in [0.15, 0.2) is 0 Å². The van der Waals surface area contributed by atoms with Crippen molar-refractivity contribution in [3.05, 3.63) is 29.3 Å². The molecule has 2 heterocycles. The highest BCUT2D eigenvalue weighted by Gasteiger charge is 2.29. The quantitative estimate of drug-likeness (QED) is 0.602. The number of hydrogen-bond acceptors (Lipinski definition) is 7. The number of carbonyl (C=O) groups is 2. The first-order valence-corrected chi connectivity index (χ1v) is 6.54. The lowest BCUT2D eigenvalue weighted by Gasteiger charge is -2.10. The summed E-state index contributed by atoms with van der Waals surface area (Å²) >= 11 is 0. The van der Waals surface area contributed by atoms with Gasteiger partial charge in [-0.25, -0.2) is 9.59 Å². The molecule has 7 heteroatoms. The molecule has 0 spiro atoms. The van der Waals surface area contributed by atoms with Crippen molar-refractivity contribution in [2.45, 2.75) is 12.2 Å². The van der Waals surface area contributed by atoms with E-state index in [1.165, 1.54) is 18.2 Å². The SMILES string of the molecule is O=C(OCC1CO1)c1cccc(O)c1C(=O)OCC1CO1. The molecule has 21 heavy (non-hydrogen) atoms. The van der Waals surface area contributed by atoms with Gasteiger partial charge in [0.05, 0.1) is 18.8 Å². The Bertz CT molecular complexity index is 560. The lowest BCUT2D eigenvalue weighted by Crippen LogP contribution is -2.17. The van der Waals surface area contributed by atoms with Gasteiger partial charge in [-0.05, 0) is 12.1 Å². The Morgan fingerprint density at radius 2 is 1.67 bits per heavy atom. The van der Waals surface area contributed by atoms with Gasteiger partial charge in [0, 0.05) is 0 Å². The van der Waals surface area contributed by atoms with Crippen LogP contribution in [0.5, 0.6) is 5.75 Å². The summed E-state index contributed by atoms with van der Waals surface area (Å²) in [7, 11) is 0. The molecule has 1 aromatic carbocycles. The highest BCUT2D eigenvalue weighted by Crippen LogP contribution is 2.24. The first kappa shape index (κ1) is 13.8. The molecule has 1 aromatic rings. The predicted molar refractivity (Wildman–Crippen MR) is 68.2 cm³/mol. The van der Waals surface area contributed by atoms with Crippen molar-refractivity contribution in [1.82, 2.24) is 0 Å². The van der Waals surface area contributed by atoms with E-state index in [0.717, 1.165) is 0 Å². The summed E-state index contributed by atoms with van der Waals surface area (Å²) in [5.41, 5.74) is -0.225. The molecule has 7 nitrogen and oxygen atoms in total. The number of rotatable bonds is 6. The van der Waals surface area contributed by atoms with Crippen molar-refractivity contribution in [1.29, 1.82) is 0 Å². The number of carbonyl (C=O) groups excluding carboxylic acids is 2. The van der Waals surface area contributed by atoms with Gasteiger partial charge in [-0.2, -0.15) is 0 Å². The number of phenolic OH excluding ortho intramolecular Hbond substituents is 1. The summed E-state index contributed by atoms with van der Waals surface area (Å²) in [6.07, 6.45) is -0.170. The summed E-state index contributed by atoms with van der Waals surface area (Å²) < 4.78 is 19.9. The van der Waals surface area contributed by atoms with Crippen LogP contribution in [0.3, 0.4) is 0 Å². The third-order valence-electron chi connectivity index (χ3n) is 3.07. The van der Waals surface area contributed by atoms with Crippen molar-refractivity contribution < 1.29 is 33.6 Å². The van der Waals surface area contributed by atoms with Gasteiger partial charge >= 0.3 is 11.9 Å². The molecule has 0 saturated carbocycles. The molecule has 0 amide bonds. The van der Waals surface area contributed by atoms with E-state index in [-0.39, 0.29) is 42.3 Å². The van der Waals surface area contributed by atoms with E-state index in [4.69, 9.17) is 18.9 Å². The van der Waals surface area contributed by atoms with Crippen LogP contribution in [0.2, 0.25) is 0 Å². The van der Waals surface area contributed by atoms with E-state index in [1.54, 1.807) is 0 Å². The highest BCUT2D eigenvalue weighted by atomic mass is 16.6. The molecule has 0 aliphatic carbocycles. The second-order valence-corrected chi connectivity index (χ2v) is 4.81. The van der Waals surface area contributed by atoms with E-state index in [0.29, 0.717) is 13.2 Å². The van der Waals surface area contributed by atoms with Crippen LogP contribution in [0.4, 0.5) is 0 Å². The van der Waals surface area contributed by atoms with Gasteiger partial charge < -0.3 is 24.1 Å². The molecule has 2 unspecified atom stereocenters. The van der Waals surface area contributed by atoms with E-state index in [1.807, 2.05) is 0 Å². The molecular formula is C14H14O7. The summed E-state index contributed by atoms with van der Waals surface area (Å²) in [4.78, 5) is 24.0. The van der Waals surface area contributed by atoms with Crippen molar-refractivity contribution in [3.63, 3.8) is 0 Å². The molecule has 2 aliphatic rings. The Morgan fingerprint density at radius 3 is 2.24 bits per heavy atom. The molecule has 2 aliphatic heterocycles. The Labute approximate surface area is 120 Å². The largest absolute Gasteiger partial charge is 0.507 e. The zero-order valence-electron chi connectivity index (χ0n) is 11.1. The average molecular weight is 294 g/mol. The molecule has 2 atom stereocenters. The fourth-order valence-corrected chi connectivity index (χ4v) is 1.74. The summed E-state index contributed by atoms with van der Waals surface area (Å²) in [5, 5.41) is 9.82. The second kappa shape index (κ2) is 5.71. The van der Waals surface area contributed by atoms with Crippen LogP contribution in [0, 0.1) is 0 Å². The van der Waals surface area contributed by atoms with Gasteiger partial charge in [-0.1, -0.05) is 6.07 Å². The number of aromatic hydroxyl groups is 1. The first-order chi connectivity index (χ1) is 10.1. The van der Waals surface area contributed by atoms with Crippen LogP contribution >= 0.6 is 0 Å². The lowest BCUT2D eigenvalue weighted by molar-refractivity contribution is 0.0427. The Hall–Kier alpha value is -2.12. The molecule has 2 saturated heterocycles. The molecule has 1 N–H and O–H groups in total. The Balaban J connectivity index is 1.72. The minimum Gasteiger partial charge on any atom is -0.507 e. The number of esters is 2. The van der Waals surface area contributed by atoms with Gasteiger partial charge in [0.25, 0.3) is 0 Å². The lowest BCUT2D eigenvalue weighted by atomic mass is 10.1. The smallest absolute Gasteiger partial charge is 0.342 e. The molecule has 0 aromatic heterocycles. The third kappa shape index (κ3) is 3.50. The zero-order chi connectivity index (χ0) is 14.8. The fraction of sp³-hybridized carbons (Fsp3) is 0.429. The number of phenols is 1. The van der Waals surface area contributed by atoms with Crippen LogP contribution in [0.1, 0.15) is 20.7 Å². The highest BCUT2D eigenvalue weighted by molar-refractivity contribution is 6.05. The summed E-state index contributed by atoms with van der Waals surface area (Å²) in [6, 6.07) is 4.17. The van der Waals surface area contributed by atoms with E-state index >= 15 is 0 Å². The van der Waals surface area contributed by atoms with Gasteiger partial charge in [-0.15, -0.1) is 0 Å². The van der Waals surface area contributed by atoms with Crippen molar-refractivity contribution in [2.24, 2.45) is 0 Å². The van der Waals surface area contributed by atoms with E-state index < -0.39 is 11.9 Å². The molecule has 0 radical (unpaired) electrons. The third-order valence-corrected chi connectivity index (χ3v) is 3.07. The number of benzene rings is 1. The number of epoxide rings is 2. The van der Waals surface area contributed by atoms with Gasteiger partial charge in [-0.3, -0.25) is 0 Å². The first-order valence-electron chi connectivity index (χ1n) is 6.54. The van der Waals surface area contributed by atoms with E-state index in [9.17, 15) is 14.7 Å². The molecule has 0 bridgehead atoms. The summed E-state index contributed by atoms with van der Waals surface area (Å²) in [6.45, 7) is 1.32. The normalized spacial score (nSPS) is 22.5. The zero-order valence-corrected chi connectivity index (χ0v) is 11.1. The Kier molecular flexibility index (Phi) is 3.76. The van der Waals surface area contributed by atoms with Gasteiger partial charge in [0.2, 0.25) is 0 Å². The molecule has 2 fully saturated rings.